The first-order valence-corrected chi connectivity index (χ1v) is 8.94. The summed E-state index contributed by atoms with van der Waals surface area (Å²) < 4.78 is 5.45. The van der Waals surface area contributed by atoms with Crippen molar-refractivity contribution in [1.82, 2.24) is 4.90 Å². The van der Waals surface area contributed by atoms with E-state index in [4.69, 9.17) is 9.52 Å². The first kappa shape index (κ1) is 17.2. The molecule has 2 aromatic rings. The van der Waals surface area contributed by atoms with Crippen LogP contribution in [0.2, 0.25) is 0 Å². The van der Waals surface area contributed by atoms with Crippen LogP contribution in [0.25, 0.3) is 11.0 Å². The molecular formula is C20H27NO3. The third-order valence-corrected chi connectivity index (χ3v) is 5.03. The molecule has 0 amide bonds. The average Bonchev–Trinajstić information content (AvgIpc) is 2.54. The fourth-order valence-corrected chi connectivity index (χ4v) is 3.96. The molecule has 1 N–H and O–H groups in total. The zero-order valence-electron chi connectivity index (χ0n) is 14.7. The summed E-state index contributed by atoms with van der Waals surface area (Å²) in [6.07, 6.45) is 4.40. The SMILES string of the molecule is Cc1cc(C)c2oc(=O)cc(CN3CCCC(CCCO)C3)c2c1. The molecule has 1 aromatic heterocycles. The fourth-order valence-electron chi connectivity index (χ4n) is 3.96. The number of rotatable bonds is 5. The monoisotopic (exact) mass is 329 g/mol. The molecule has 4 nitrogen and oxygen atoms in total. The summed E-state index contributed by atoms with van der Waals surface area (Å²) >= 11 is 0. The van der Waals surface area contributed by atoms with Crippen molar-refractivity contribution in [3.8, 4) is 0 Å². The maximum atomic E-state index is 12.0. The van der Waals surface area contributed by atoms with Crippen molar-refractivity contribution in [3.63, 3.8) is 0 Å². The van der Waals surface area contributed by atoms with E-state index in [0.717, 1.165) is 54.6 Å². The smallest absolute Gasteiger partial charge is 0.336 e. The molecule has 0 aliphatic carbocycles. The molecule has 3 rings (SSSR count). The van der Waals surface area contributed by atoms with Gasteiger partial charge in [0.05, 0.1) is 0 Å². The molecule has 4 heteroatoms. The minimum atomic E-state index is -0.265. The van der Waals surface area contributed by atoms with Gasteiger partial charge in [-0.1, -0.05) is 6.07 Å². The summed E-state index contributed by atoms with van der Waals surface area (Å²) in [5.41, 5.74) is 3.73. The minimum absolute atomic E-state index is 0.265. The highest BCUT2D eigenvalue weighted by atomic mass is 16.4. The van der Waals surface area contributed by atoms with Crippen LogP contribution in [0.3, 0.4) is 0 Å². The molecule has 1 aliphatic heterocycles. The molecule has 24 heavy (non-hydrogen) atoms. The van der Waals surface area contributed by atoms with E-state index < -0.39 is 0 Å². The first-order valence-electron chi connectivity index (χ1n) is 8.94. The highest BCUT2D eigenvalue weighted by Crippen LogP contribution is 2.26. The molecule has 0 spiro atoms. The van der Waals surface area contributed by atoms with Gasteiger partial charge in [0.1, 0.15) is 5.58 Å². The Morgan fingerprint density at radius 2 is 2.12 bits per heavy atom. The number of piperidine rings is 1. The quantitative estimate of drug-likeness (QED) is 0.854. The lowest BCUT2D eigenvalue weighted by Gasteiger charge is -2.33. The van der Waals surface area contributed by atoms with Crippen molar-refractivity contribution in [1.29, 1.82) is 0 Å². The number of nitrogens with zero attached hydrogens (tertiary/aromatic N) is 1. The lowest BCUT2D eigenvalue weighted by molar-refractivity contribution is 0.153. The van der Waals surface area contributed by atoms with Crippen LogP contribution in [-0.2, 0) is 6.54 Å². The summed E-state index contributed by atoms with van der Waals surface area (Å²) in [6, 6.07) is 5.83. The molecule has 1 saturated heterocycles. The highest BCUT2D eigenvalue weighted by Gasteiger charge is 2.21. The third-order valence-electron chi connectivity index (χ3n) is 5.03. The van der Waals surface area contributed by atoms with Crippen molar-refractivity contribution in [3.05, 3.63) is 45.3 Å². The second kappa shape index (κ2) is 7.49. The Bertz CT molecular complexity index is 765. The van der Waals surface area contributed by atoms with Gasteiger partial charge in [0.15, 0.2) is 0 Å². The van der Waals surface area contributed by atoms with E-state index in [9.17, 15) is 4.79 Å². The molecule has 1 unspecified atom stereocenters. The Morgan fingerprint density at radius 1 is 1.29 bits per heavy atom. The zero-order chi connectivity index (χ0) is 17.1. The maximum absolute atomic E-state index is 12.0. The molecule has 1 aromatic carbocycles. The van der Waals surface area contributed by atoms with Crippen molar-refractivity contribution >= 4 is 11.0 Å². The number of fused-ring (bicyclic) bond motifs is 1. The Kier molecular flexibility index (Phi) is 5.36. The number of benzene rings is 1. The lowest BCUT2D eigenvalue weighted by atomic mass is 9.93. The van der Waals surface area contributed by atoms with Gasteiger partial charge in [0.25, 0.3) is 0 Å². The van der Waals surface area contributed by atoms with Gasteiger partial charge >= 0.3 is 5.63 Å². The Labute approximate surface area is 143 Å². The number of hydrogen-bond donors (Lipinski definition) is 1. The molecule has 1 fully saturated rings. The second-order valence-corrected chi connectivity index (χ2v) is 7.16. The number of aliphatic hydroxyl groups is 1. The number of aliphatic hydroxyl groups excluding tert-OH is 1. The highest BCUT2D eigenvalue weighted by molar-refractivity contribution is 5.83. The number of likely N-dealkylation sites (tertiary alicyclic amines) is 1. The van der Waals surface area contributed by atoms with E-state index in [1.54, 1.807) is 6.07 Å². The number of aryl methyl sites for hydroxylation is 2. The van der Waals surface area contributed by atoms with Crippen molar-refractivity contribution < 1.29 is 9.52 Å². The molecule has 2 heterocycles. The van der Waals surface area contributed by atoms with Gasteiger partial charge in [-0.15, -0.1) is 0 Å². The van der Waals surface area contributed by atoms with Crippen LogP contribution >= 0.6 is 0 Å². The molecule has 0 radical (unpaired) electrons. The van der Waals surface area contributed by atoms with Gasteiger partial charge in [0.2, 0.25) is 0 Å². The Morgan fingerprint density at radius 3 is 2.92 bits per heavy atom. The van der Waals surface area contributed by atoms with E-state index in [0.29, 0.717) is 5.92 Å². The van der Waals surface area contributed by atoms with Crippen LogP contribution in [0.4, 0.5) is 0 Å². The fraction of sp³-hybridized carbons (Fsp3) is 0.550. The Balaban J connectivity index is 1.85. The van der Waals surface area contributed by atoms with E-state index in [1.807, 2.05) is 6.92 Å². The minimum Gasteiger partial charge on any atom is -0.422 e. The van der Waals surface area contributed by atoms with Crippen LogP contribution in [0.5, 0.6) is 0 Å². The molecule has 1 aliphatic rings. The second-order valence-electron chi connectivity index (χ2n) is 7.16. The van der Waals surface area contributed by atoms with E-state index in [2.05, 4.69) is 24.0 Å². The lowest BCUT2D eigenvalue weighted by Crippen LogP contribution is -2.35. The molecule has 1 atom stereocenters. The maximum Gasteiger partial charge on any atom is 0.336 e. The molecule has 0 saturated carbocycles. The van der Waals surface area contributed by atoms with Gasteiger partial charge in [0, 0.05) is 31.1 Å². The van der Waals surface area contributed by atoms with Gasteiger partial charge < -0.3 is 9.52 Å². The van der Waals surface area contributed by atoms with Gasteiger partial charge in [-0.2, -0.15) is 0 Å². The zero-order valence-corrected chi connectivity index (χ0v) is 14.7. The number of hydrogen-bond acceptors (Lipinski definition) is 4. The summed E-state index contributed by atoms with van der Waals surface area (Å²) in [7, 11) is 0. The van der Waals surface area contributed by atoms with E-state index >= 15 is 0 Å². The Hall–Kier alpha value is -1.65. The van der Waals surface area contributed by atoms with E-state index in [-0.39, 0.29) is 12.2 Å². The van der Waals surface area contributed by atoms with Crippen LogP contribution in [0.15, 0.2) is 27.4 Å². The third kappa shape index (κ3) is 3.87. The van der Waals surface area contributed by atoms with Gasteiger partial charge in [-0.3, -0.25) is 4.90 Å². The summed E-state index contributed by atoms with van der Waals surface area (Å²) in [4.78, 5) is 14.4. The normalized spacial score (nSPS) is 19.0. The molecular weight excluding hydrogens is 302 g/mol. The summed E-state index contributed by atoms with van der Waals surface area (Å²) in [5.74, 6) is 0.653. The van der Waals surface area contributed by atoms with Crippen LogP contribution in [-0.4, -0.2) is 29.7 Å². The van der Waals surface area contributed by atoms with Crippen LogP contribution in [0, 0.1) is 19.8 Å². The molecule has 0 bridgehead atoms. The van der Waals surface area contributed by atoms with Gasteiger partial charge in [-0.05, 0) is 74.8 Å². The van der Waals surface area contributed by atoms with Crippen molar-refractivity contribution in [2.75, 3.05) is 19.7 Å². The average molecular weight is 329 g/mol. The topological polar surface area (TPSA) is 53.7 Å². The predicted octanol–water partition coefficient (Wildman–Crippen LogP) is 3.39. The van der Waals surface area contributed by atoms with Crippen molar-refractivity contribution in [2.24, 2.45) is 5.92 Å². The predicted molar refractivity (Wildman–Crippen MR) is 96.3 cm³/mol. The van der Waals surface area contributed by atoms with Crippen LogP contribution < -0.4 is 5.63 Å². The summed E-state index contributed by atoms with van der Waals surface area (Å²) in [5, 5.41) is 10.1. The summed E-state index contributed by atoms with van der Waals surface area (Å²) in [6.45, 7) is 7.26. The van der Waals surface area contributed by atoms with E-state index in [1.165, 1.54) is 18.4 Å². The van der Waals surface area contributed by atoms with Crippen molar-refractivity contribution in [2.45, 2.75) is 46.1 Å². The van der Waals surface area contributed by atoms with Crippen LogP contribution in [0.1, 0.15) is 42.4 Å². The largest absolute Gasteiger partial charge is 0.422 e. The molecule has 130 valence electrons. The first-order chi connectivity index (χ1) is 11.6. The van der Waals surface area contributed by atoms with Gasteiger partial charge in [-0.25, -0.2) is 4.79 Å². The standard InChI is InChI=1S/C20H27NO3/c1-14-9-15(2)20-18(10-14)17(11-19(23)24-20)13-21-7-3-5-16(12-21)6-4-8-22/h9-11,16,22H,3-8,12-13H2,1-2H3.